The zero-order valence-corrected chi connectivity index (χ0v) is 21.7. The van der Waals surface area contributed by atoms with Gasteiger partial charge in [-0.3, -0.25) is 14.5 Å². The van der Waals surface area contributed by atoms with E-state index >= 15 is 0 Å². The first-order valence-electron chi connectivity index (χ1n) is 13.0. The molecular weight excluding hydrogens is 483 g/mol. The molecule has 0 radical (unpaired) electrons. The first kappa shape index (κ1) is 27.5. The Balaban J connectivity index is 1.37. The first-order valence-corrected chi connectivity index (χ1v) is 13.0. The van der Waals surface area contributed by atoms with E-state index in [0.29, 0.717) is 6.54 Å². The maximum absolute atomic E-state index is 13.3. The Morgan fingerprint density at radius 3 is 2.32 bits per heavy atom. The van der Waals surface area contributed by atoms with Crippen LogP contribution in [-0.2, 0) is 20.7 Å². The third-order valence-electron chi connectivity index (χ3n) is 6.61. The lowest BCUT2D eigenvalue weighted by molar-refractivity contribution is -0.132. The molecule has 0 spiro atoms. The van der Waals surface area contributed by atoms with Gasteiger partial charge in [-0.05, 0) is 48.7 Å². The summed E-state index contributed by atoms with van der Waals surface area (Å²) >= 11 is 0. The van der Waals surface area contributed by atoms with Gasteiger partial charge < -0.3 is 10.1 Å². The fourth-order valence-electron chi connectivity index (χ4n) is 4.38. The van der Waals surface area contributed by atoms with E-state index in [2.05, 4.69) is 56.3 Å². The SMILES string of the molecule is CC(F)CNCC(CC1=NC=NC(=O)C1=O)c1ccc(C#Cc2ccc(CCN3CCOCC3)cc2)cc1. The molecule has 2 unspecified atom stereocenters. The summed E-state index contributed by atoms with van der Waals surface area (Å²) in [6, 6.07) is 16.1. The Hall–Kier alpha value is -3.51. The maximum atomic E-state index is 13.3. The van der Waals surface area contributed by atoms with E-state index in [1.54, 1.807) is 0 Å². The first-order chi connectivity index (χ1) is 18.5. The van der Waals surface area contributed by atoms with Crippen molar-refractivity contribution >= 4 is 23.7 Å². The summed E-state index contributed by atoms with van der Waals surface area (Å²) in [5.41, 5.74) is 4.23. The van der Waals surface area contributed by atoms with Crippen LogP contribution >= 0.6 is 0 Å². The quantitative estimate of drug-likeness (QED) is 0.388. The highest BCUT2D eigenvalue weighted by Crippen LogP contribution is 2.22. The third-order valence-corrected chi connectivity index (χ3v) is 6.61. The molecule has 2 aromatic rings. The lowest BCUT2D eigenvalue weighted by Gasteiger charge is -2.26. The topological polar surface area (TPSA) is 83.4 Å². The van der Waals surface area contributed by atoms with Gasteiger partial charge in [0.1, 0.15) is 12.5 Å². The van der Waals surface area contributed by atoms with Crippen molar-refractivity contribution in [3.63, 3.8) is 0 Å². The Labute approximate surface area is 223 Å². The van der Waals surface area contributed by atoms with Crippen LogP contribution in [0.2, 0.25) is 0 Å². The predicted molar refractivity (Wildman–Crippen MR) is 147 cm³/mol. The van der Waals surface area contributed by atoms with Crippen molar-refractivity contribution in [1.82, 2.24) is 10.2 Å². The molecule has 1 amide bonds. The summed E-state index contributed by atoms with van der Waals surface area (Å²) in [6.45, 7) is 6.79. The molecular formula is C30H33FN4O3. The van der Waals surface area contributed by atoms with Gasteiger partial charge in [0.05, 0.1) is 18.9 Å². The van der Waals surface area contributed by atoms with Crippen LogP contribution in [0.25, 0.3) is 0 Å². The second-order valence-electron chi connectivity index (χ2n) is 9.57. The molecule has 0 aliphatic carbocycles. The van der Waals surface area contributed by atoms with Crippen molar-refractivity contribution in [3.8, 4) is 11.8 Å². The monoisotopic (exact) mass is 516 g/mol. The number of carbonyl (C=O) groups is 2. The maximum Gasteiger partial charge on any atom is 0.320 e. The van der Waals surface area contributed by atoms with Crippen molar-refractivity contribution in [2.45, 2.75) is 31.9 Å². The summed E-state index contributed by atoms with van der Waals surface area (Å²) < 4.78 is 18.7. The lowest BCUT2D eigenvalue weighted by atomic mass is 9.91. The summed E-state index contributed by atoms with van der Waals surface area (Å²) in [5.74, 6) is 4.76. The minimum Gasteiger partial charge on any atom is -0.379 e. The van der Waals surface area contributed by atoms with Crippen molar-refractivity contribution in [1.29, 1.82) is 0 Å². The Kier molecular flexibility index (Phi) is 10.0. The molecule has 0 aromatic heterocycles. The van der Waals surface area contributed by atoms with Crippen LogP contribution in [0.3, 0.4) is 0 Å². The number of morpholine rings is 1. The van der Waals surface area contributed by atoms with Gasteiger partial charge in [0.15, 0.2) is 0 Å². The molecule has 4 rings (SSSR count). The Morgan fingerprint density at radius 1 is 1.00 bits per heavy atom. The fourth-order valence-corrected chi connectivity index (χ4v) is 4.38. The molecule has 2 atom stereocenters. The number of alkyl halides is 1. The summed E-state index contributed by atoms with van der Waals surface area (Å²) in [6.07, 6.45) is 1.39. The Morgan fingerprint density at radius 2 is 1.66 bits per heavy atom. The highest BCUT2D eigenvalue weighted by molar-refractivity contribution is 6.66. The number of ketones is 1. The minimum absolute atomic E-state index is 0.164. The van der Waals surface area contributed by atoms with Crippen molar-refractivity contribution < 1.29 is 18.7 Å². The zero-order valence-electron chi connectivity index (χ0n) is 21.7. The number of amides is 1. The van der Waals surface area contributed by atoms with Crippen LogP contribution in [0.5, 0.6) is 0 Å². The Bertz CT molecular complexity index is 1220. The smallest absolute Gasteiger partial charge is 0.320 e. The van der Waals surface area contributed by atoms with E-state index in [1.165, 1.54) is 12.5 Å². The number of hydrogen-bond acceptors (Lipinski definition) is 6. The summed E-state index contributed by atoms with van der Waals surface area (Å²) in [7, 11) is 0. The van der Waals surface area contributed by atoms with E-state index < -0.39 is 17.9 Å². The number of benzene rings is 2. The average Bonchev–Trinajstić information content (AvgIpc) is 2.94. The van der Waals surface area contributed by atoms with E-state index in [0.717, 1.165) is 62.3 Å². The van der Waals surface area contributed by atoms with Gasteiger partial charge in [-0.25, -0.2) is 9.38 Å². The van der Waals surface area contributed by atoms with Gasteiger partial charge >= 0.3 is 5.91 Å². The summed E-state index contributed by atoms with van der Waals surface area (Å²) in [5, 5.41) is 3.10. The number of ether oxygens (including phenoxy) is 1. The molecule has 198 valence electrons. The molecule has 0 bridgehead atoms. The molecule has 2 aliphatic heterocycles. The van der Waals surface area contributed by atoms with E-state index in [9.17, 15) is 14.0 Å². The number of aliphatic imine (C=N–C) groups is 2. The van der Waals surface area contributed by atoms with Gasteiger partial charge in [-0.1, -0.05) is 36.1 Å². The normalized spacial score (nSPS) is 17.5. The van der Waals surface area contributed by atoms with E-state index in [4.69, 9.17) is 4.74 Å². The van der Waals surface area contributed by atoms with Gasteiger partial charge in [0, 0.05) is 56.2 Å². The van der Waals surface area contributed by atoms with Gasteiger partial charge in [0.2, 0.25) is 0 Å². The number of nitrogens with one attached hydrogen (secondary N) is 1. The highest BCUT2D eigenvalue weighted by atomic mass is 19.1. The van der Waals surface area contributed by atoms with Gasteiger partial charge in [-0.2, -0.15) is 4.99 Å². The van der Waals surface area contributed by atoms with Crippen molar-refractivity contribution in [2.24, 2.45) is 9.98 Å². The second kappa shape index (κ2) is 13.9. The van der Waals surface area contributed by atoms with Crippen LogP contribution in [0.15, 0.2) is 58.5 Å². The number of rotatable bonds is 10. The molecule has 0 saturated carbocycles. The standard InChI is InChI=1S/C30H33FN4O3/c1-22(31)19-32-20-27(18-28-29(36)30(37)34-21-33-28)26-10-8-24(9-11-26)3-2-23-4-6-25(7-5-23)12-13-35-14-16-38-17-15-35/h4-11,21-22,27,32H,12-20H2,1H3. The highest BCUT2D eigenvalue weighted by Gasteiger charge is 2.26. The molecule has 2 aromatic carbocycles. The minimum atomic E-state index is -0.991. The molecule has 1 fully saturated rings. The van der Waals surface area contributed by atoms with Gasteiger partial charge in [0.25, 0.3) is 5.78 Å². The molecule has 7 nitrogen and oxygen atoms in total. The number of Topliss-reactive ketones (excluding diaryl/α,β-unsaturated/α-hetero) is 1. The van der Waals surface area contributed by atoms with Crippen LogP contribution in [0.4, 0.5) is 4.39 Å². The van der Waals surface area contributed by atoms with E-state index in [-0.39, 0.29) is 24.6 Å². The summed E-state index contributed by atoms with van der Waals surface area (Å²) in [4.78, 5) is 33.7. The molecule has 38 heavy (non-hydrogen) atoms. The molecule has 2 aliphatic rings. The number of carbonyl (C=O) groups excluding carboxylic acids is 2. The van der Waals surface area contributed by atoms with Crippen molar-refractivity contribution in [3.05, 3.63) is 70.8 Å². The third kappa shape index (κ3) is 8.25. The molecule has 1 N–H and O–H groups in total. The predicted octanol–water partition coefficient (Wildman–Crippen LogP) is 2.96. The van der Waals surface area contributed by atoms with Crippen LogP contribution in [0.1, 0.15) is 41.5 Å². The zero-order chi connectivity index (χ0) is 26.7. The molecule has 1 saturated heterocycles. The average molecular weight is 517 g/mol. The number of halogens is 1. The van der Waals surface area contributed by atoms with Crippen LogP contribution in [-0.4, -0.2) is 80.7 Å². The van der Waals surface area contributed by atoms with Crippen LogP contribution in [0, 0.1) is 11.8 Å². The van der Waals surface area contributed by atoms with E-state index in [1.807, 2.05) is 24.3 Å². The second-order valence-corrected chi connectivity index (χ2v) is 9.57. The van der Waals surface area contributed by atoms with Gasteiger partial charge in [-0.15, -0.1) is 0 Å². The number of nitrogens with zero attached hydrogens (tertiary/aromatic N) is 3. The number of hydrogen-bond donors (Lipinski definition) is 1. The van der Waals surface area contributed by atoms with Crippen LogP contribution < -0.4 is 5.32 Å². The van der Waals surface area contributed by atoms with Crippen molar-refractivity contribution in [2.75, 3.05) is 45.9 Å². The largest absolute Gasteiger partial charge is 0.379 e. The lowest BCUT2D eigenvalue weighted by Crippen LogP contribution is -2.37. The molecule has 2 heterocycles. The fraction of sp³-hybridized carbons (Fsp3) is 0.400. The molecule has 8 heteroatoms.